The van der Waals surface area contributed by atoms with Crippen molar-refractivity contribution in [3.63, 3.8) is 0 Å². The lowest BCUT2D eigenvalue weighted by Crippen LogP contribution is -2.00. The van der Waals surface area contributed by atoms with Gasteiger partial charge in [-0.2, -0.15) is 0 Å². The molecule has 1 rings (SSSR count). The van der Waals surface area contributed by atoms with Gasteiger partial charge in [-0.15, -0.1) is 0 Å². The van der Waals surface area contributed by atoms with E-state index in [4.69, 9.17) is 10.5 Å². The van der Waals surface area contributed by atoms with Crippen LogP contribution in [0.15, 0.2) is 18.2 Å². The molecule has 0 aliphatic rings. The van der Waals surface area contributed by atoms with E-state index in [9.17, 15) is 4.79 Å². The summed E-state index contributed by atoms with van der Waals surface area (Å²) in [7, 11) is 0. The molecule has 0 bridgehead atoms. The molecule has 0 aliphatic carbocycles. The number of para-hydroxylation sites is 1. The maximum absolute atomic E-state index is 11.0. The molecular weight excluding hydrogens is 176 g/mol. The summed E-state index contributed by atoms with van der Waals surface area (Å²) >= 11 is 0. The van der Waals surface area contributed by atoms with Crippen molar-refractivity contribution in [1.29, 1.82) is 0 Å². The van der Waals surface area contributed by atoms with E-state index in [1.54, 1.807) is 0 Å². The first-order chi connectivity index (χ1) is 6.20. The van der Waals surface area contributed by atoms with Crippen LogP contribution in [-0.4, -0.2) is 16.3 Å². The molecule has 0 atom stereocenters. The number of benzene rings is 1. The average Bonchev–Trinajstić information content (AvgIpc) is 2.16. The van der Waals surface area contributed by atoms with Crippen LogP contribution in [0, 0.1) is 0 Å². The number of carbonyl (C=O) groups is 1. The summed E-state index contributed by atoms with van der Waals surface area (Å²) in [5, 5.41) is 16.8. The van der Waals surface area contributed by atoms with E-state index >= 15 is 0 Å². The van der Waals surface area contributed by atoms with Crippen molar-refractivity contribution in [2.45, 2.75) is 6.92 Å². The minimum absolute atomic E-state index is 0.116. The number of hydrogen-bond acceptors (Lipinski definition) is 5. The summed E-state index contributed by atoms with van der Waals surface area (Å²) in [6.45, 7) is 1.30. The number of hydrogen-bond donors (Lipinski definition) is 2. The summed E-state index contributed by atoms with van der Waals surface area (Å²) in [6.07, 6.45) is 0. The van der Waals surface area contributed by atoms with Crippen molar-refractivity contribution in [2.75, 3.05) is 0 Å². The molecule has 0 aliphatic heterocycles. The zero-order valence-electron chi connectivity index (χ0n) is 6.85. The Kier molecular flexibility index (Phi) is 2.84. The molecular formula is C8H8O5. The molecule has 0 saturated carbocycles. The van der Waals surface area contributed by atoms with Crippen molar-refractivity contribution in [3.8, 4) is 11.5 Å². The monoisotopic (exact) mass is 184 g/mol. The Labute approximate surface area is 74.0 Å². The lowest BCUT2D eigenvalue weighted by molar-refractivity contribution is -0.164. The molecule has 1 aromatic rings. The van der Waals surface area contributed by atoms with Crippen molar-refractivity contribution in [3.05, 3.63) is 23.8 Å². The molecule has 0 fully saturated rings. The van der Waals surface area contributed by atoms with Crippen molar-refractivity contribution < 1.29 is 25.1 Å². The summed E-state index contributed by atoms with van der Waals surface area (Å²) in [5.41, 5.74) is 0.133. The highest BCUT2D eigenvalue weighted by Gasteiger charge is 2.14. The number of Topliss-reactive ketones (excluding diaryl/α,β-unsaturated/α-hetero) is 1. The maximum Gasteiger partial charge on any atom is 0.221 e. The Morgan fingerprint density at radius 1 is 1.31 bits per heavy atom. The molecule has 0 radical (unpaired) electrons. The highest BCUT2D eigenvalue weighted by molar-refractivity contribution is 5.97. The molecule has 0 spiro atoms. The molecule has 5 heteroatoms. The van der Waals surface area contributed by atoms with Crippen LogP contribution < -0.4 is 9.78 Å². The van der Waals surface area contributed by atoms with E-state index in [2.05, 4.69) is 9.78 Å². The quantitative estimate of drug-likeness (QED) is 0.423. The van der Waals surface area contributed by atoms with Gasteiger partial charge in [-0.25, -0.2) is 10.5 Å². The van der Waals surface area contributed by atoms with Gasteiger partial charge >= 0.3 is 0 Å². The first-order valence-corrected chi connectivity index (χ1v) is 3.47. The Morgan fingerprint density at radius 3 is 2.46 bits per heavy atom. The van der Waals surface area contributed by atoms with Gasteiger partial charge in [0, 0.05) is 0 Å². The normalized spacial score (nSPS) is 9.46. The van der Waals surface area contributed by atoms with Crippen LogP contribution in [0.2, 0.25) is 0 Å². The molecule has 0 unspecified atom stereocenters. The number of ketones is 1. The topological polar surface area (TPSA) is 76.0 Å². The fraction of sp³-hybridized carbons (Fsp3) is 0.125. The van der Waals surface area contributed by atoms with Crippen LogP contribution in [0.1, 0.15) is 17.3 Å². The smallest absolute Gasteiger partial charge is 0.221 e. The van der Waals surface area contributed by atoms with E-state index < -0.39 is 0 Å². The third-order valence-corrected chi connectivity index (χ3v) is 1.55. The van der Waals surface area contributed by atoms with E-state index in [0.29, 0.717) is 0 Å². The summed E-state index contributed by atoms with van der Waals surface area (Å²) in [4.78, 5) is 18.8. The van der Waals surface area contributed by atoms with Gasteiger partial charge in [0.1, 0.15) is 0 Å². The molecule has 70 valence electrons. The Bertz CT molecular complexity index is 320. The van der Waals surface area contributed by atoms with Crippen LogP contribution >= 0.6 is 0 Å². The van der Waals surface area contributed by atoms with Gasteiger partial charge in [-0.1, -0.05) is 6.07 Å². The van der Waals surface area contributed by atoms with Crippen molar-refractivity contribution >= 4 is 5.78 Å². The Balaban J connectivity index is 3.27. The van der Waals surface area contributed by atoms with Gasteiger partial charge < -0.3 is 9.78 Å². The SMILES string of the molecule is CC(=O)c1cccc(OO)c1OO. The first kappa shape index (κ1) is 9.50. The molecule has 2 N–H and O–H groups in total. The summed E-state index contributed by atoms with van der Waals surface area (Å²) in [5.74, 6) is -0.615. The molecule has 5 nitrogen and oxygen atoms in total. The van der Waals surface area contributed by atoms with Crippen LogP contribution in [0.5, 0.6) is 11.5 Å². The van der Waals surface area contributed by atoms with E-state index in [1.165, 1.54) is 25.1 Å². The standard InChI is InChI=1S/C8H8O5/c1-5(9)6-3-2-4-7(12-10)8(6)13-11/h2-4,10-11H,1H3. The largest absolute Gasteiger partial charge is 0.336 e. The van der Waals surface area contributed by atoms with E-state index in [-0.39, 0.29) is 22.8 Å². The van der Waals surface area contributed by atoms with Gasteiger partial charge in [-0.3, -0.25) is 4.79 Å². The zero-order chi connectivity index (χ0) is 9.84. The third kappa shape index (κ3) is 1.77. The van der Waals surface area contributed by atoms with Crippen LogP contribution in [0.4, 0.5) is 0 Å². The maximum atomic E-state index is 11.0. The molecule has 1 aromatic carbocycles. The van der Waals surface area contributed by atoms with E-state index in [1.807, 2.05) is 0 Å². The predicted octanol–water partition coefficient (Wildman–Crippen LogP) is 1.59. The fourth-order valence-electron chi connectivity index (χ4n) is 0.959. The van der Waals surface area contributed by atoms with Crippen molar-refractivity contribution in [1.82, 2.24) is 0 Å². The molecule has 0 heterocycles. The van der Waals surface area contributed by atoms with Gasteiger partial charge in [0.15, 0.2) is 5.78 Å². The predicted molar refractivity (Wildman–Crippen MR) is 43.0 cm³/mol. The lowest BCUT2D eigenvalue weighted by atomic mass is 10.1. The van der Waals surface area contributed by atoms with Gasteiger partial charge in [0.05, 0.1) is 5.56 Å². The highest BCUT2D eigenvalue weighted by Crippen LogP contribution is 2.30. The van der Waals surface area contributed by atoms with Crippen LogP contribution in [0.3, 0.4) is 0 Å². The minimum Gasteiger partial charge on any atom is -0.336 e. The third-order valence-electron chi connectivity index (χ3n) is 1.55. The molecule has 0 aromatic heterocycles. The van der Waals surface area contributed by atoms with Crippen LogP contribution in [0.25, 0.3) is 0 Å². The minimum atomic E-state index is -0.303. The molecule has 13 heavy (non-hydrogen) atoms. The van der Waals surface area contributed by atoms with Gasteiger partial charge in [0.2, 0.25) is 11.5 Å². The summed E-state index contributed by atoms with van der Waals surface area (Å²) < 4.78 is 0. The van der Waals surface area contributed by atoms with Crippen molar-refractivity contribution in [2.24, 2.45) is 0 Å². The Hall–Kier alpha value is -1.59. The summed E-state index contributed by atoms with van der Waals surface area (Å²) in [6, 6.07) is 4.28. The second-order valence-electron chi connectivity index (χ2n) is 2.37. The van der Waals surface area contributed by atoms with Crippen LogP contribution in [-0.2, 0) is 0 Å². The zero-order valence-corrected chi connectivity index (χ0v) is 6.85. The number of rotatable bonds is 3. The lowest BCUT2D eigenvalue weighted by Gasteiger charge is -2.05. The highest BCUT2D eigenvalue weighted by atomic mass is 17.1. The molecule has 0 saturated heterocycles. The Morgan fingerprint density at radius 2 is 2.00 bits per heavy atom. The first-order valence-electron chi connectivity index (χ1n) is 3.47. The fourth-order valence-corrected chi connectivity index (χ4v) is 0.959. The van der Waals surface area contributed by atoms with Gasteiger partial charge in [0.25, 0.3) is 0 Å². The van der Waals surface area contributed by atoms with E-state index in [0.717, 1.165) is 0 Å². The average molecular weight is 184 g/mol. The van der Waals surface area contributed by atoms with Gasteiger partial charge in [-0.05, 0) is 19.1 Å². The molecule has 0 amide bonds. The number of carbonyl (C=O) groups excluding carboxylic acids is 1. The second kappa shape index (κ2) is 3.88. The second-order valence-corrected chi connectivity index (χ2v) is 2.37.